The van der Waals surface area contributed by atoms with Gasteiger partial charge in [0.1, 0.15) is 4.70 Å². The van der Waals surface area contributed by atoms with Gasteiger partial charge in [0.25, 0.3) is 5.56 Å². The predicted molar refractivity (Wildman–Crippen MR) is 72.5 cm³/mol. The molecular formula is C12H5F3N2OS2. The molecule has 3 nitrogen and oxygen atoms in total. The van der Waals surface area contributed by atoms with Crippen molar-refractivity contribution in [2.75, 3.05) is 0 Å². The summed E-state index contributed by atoms with van der Waals surface area (Å²) in [7, 11) is 0. The summed E-state index contributed by atoms with van der Waals surface area (Å²) in [5.74, 6) is -3.65. The Balaban J connectivity index is 2.44. The minimum atomic E-state index is -1.33. The minimum Gasteiger partial charge on any atom is -0.331 e. The number of nitrogens with zero attached hydrogens (tertiary/aromatic N) is 1. The van der Waals surface area contributed by atoms with E-state index in [1.807, 2.05) is 0 Å². The van der Waals surface area contributed by atoms with E-state index in [0.717, 1.165) is 15.9 Å². The van der Waals surface area contributed by atoms with Crippen LogP contribution < -0.4 is 5.56 Å². The van der Waals surface area contributed by atoms with Crippen LogP contribution in [0.2, 0.25) is 0 Å². The van der Waals surface area contributed by atoms with E-state index in [9.17, 15) is 18.0 Å². The van der Waals surface area contributed by atoms with Gasteiger partial charge in [-0.2, -0.15) is 0 Å². The molecule has 0 saturated carbocycles. The molecule has 0 amide bonds. The molecule has 3 rings (SSSR count). The molecule has 0 saturated heterocycles. The lowest BCUT2D eigenvalue weighted by atomic mass is 10.2. The SMILES string of the molecule is O=c1c2sccc2[nH]c(=S)n1-c1cc(F)c(F)cc1F. The molecule has 0 bridgehead atoms. The van der Waals surface area contributed by atoms with Crippen molar-refractivity contribution in [3.8, 4) is 5.69 Å². The van der Waals surface area contributed by atoms with Crippen molar-refractivity contribution in [2.45, 2.75) is 0 Å². The van der Waals surface area contributed by atoms with Crippen molar-refractivity contribution in [1.29, 1.82) is 0 Å². The topological polar surface area (TPSA) is 37.8 Å². The number of benzene rings is 1. The summed E-state index contributed by atoms with van der Waals surface area (Å²) in [6, 6.07) is 2.64. The van der Waals surface area contributed by atoms with Gasteiger partial charge < -0.3 is 4.98 Å². The number of rotatable bonds is 1. The van der Waals surface area contributed by atoms with Crippen LogP contribution in [0.1, 0.15) is 0 Å². The smallest absolute Gasteiger partial charge is 0.276 e. The Bertz CT molecular complexity index is 942. The van der Waals surface area contributed by atoms with Gasteiger partial charge in [0, 0.05) is 12.1 Å². The number of H-pyrrole nitrogens is 1. The van der Waals surface area contributed by atoms with Crippen molar-refractivity contribution in [2.24, 2.45) is 0 Å². The zero-order valence-corrected chi connectivity index (χ0v) is 11.2. The molecule has 0 radical (unpaired) electrons. The van der Waals surface area contributed by atoms with Crippen molar-refractivity contribution >= 4 is 33.8 Å². The average molecular weight is 314 g/mol. The van der Waals surface area contributed by atoms with Crippen LogP contribution in [0.15, 0.2) is 28.4 Å². The lowest BCUT2D eigenvalue weighted by Gasteiger charge is -2.08. The van der Waals surface area contributed by atoms with Crippen LogP contribution in [0.4, 0.5) is 13.2 Å². The minimum absolute atomic E-state index is 0.0918. The van der Waals surface area contributed by atoms with Crippen LogP contribution in [-0.2, 0) is 0 Å². The first-order valence-electron chi connectivity index (χ1n) is 5.36. The molecule has 1 aromatic carbocycles. The lowest BCUT2D eigenvalue weighted by molar-refractivity contribution is 0.492. The molecule has 102 valence electrons. The lowest BCUT2D eigenvalue weighted by Crippen LogP contribution is -2.21. The monoisotopic (exact) mass is 314 g/mol. The van der Waals surface area contributed by atoms with E-state index in [-0.39, 0.29) is 4.77 Å². The highest BCUT2D eigenvalue weighted by Crippen LogP contribution is 2.19. The molecule has 1 N–H and O–H groups in total. The fourth-order valence-electron chi connectivity index (χ4n) is 1.84. The molecule has 0 fully saturated rings. The van der Waals surface area contributed by atoms with Crippen LogP contribution in [0, 0.1) is 22.2 Å². The maximum atomic E-state index is 13.8. The van der Waals surface area contributed by atoms with Gasteiger partial charge in [-0.15, -0.1) is 11.3 Å². The number of aromatic nitrogens is 2. The van der Waals surface area contributed by atoms with E-state index in [2.05, 4.69) is 4.98 Å². The predicted octanol–water partition coefficient (Wildman–Crippen LogP) is 3.53. The Morgan fingerprint density at radius 3 is 2.60 bits per heavy atom. The summed E-state index contributed by atoms with van der Waals surface area (Å²) in [6.45, 7) is 0. The normalized spacial score (nSPS) is 11.2. The number of aromatic amines is 1. The second kappa shape index (κ2) is 4.57. The van der Waals surface area contributed by atoms with Crippen LogP contribution in [0.3, 0.4) is 0 Å². The second-order valence-corrected chi connectivity index (χ2v) is 5.25. The highest BCUT2D eigenvalue weighted by molar-refractivity contribution is 7.71. The standard InChI is InChI=1S/C12H5F3N2OS2/c13-5-3-7(15)9(4-6(5)14)17-11(18)10-8(1-2-20-10)16-12(17)19/h1-4H,(H,16,19). The first kappa shape index (κ1) is 13.1. The molecule has 2 heterocycles. The summed E-state index contributed by atoms with van der Waals surface area (Å²) in [4.78, 5) is 15.0. The molecule has 0 unspecified atom stereocenters. The van der Waals surface area contributed by atoms with Gasteiger partial charge in [-0.1, -0.05) is 0 Å². The van der Waals surface area contributed by atoms with Gasteiger partial charge >= 0.3 is 0 Å². The van der Waals surface area contributed by atoms with Crippen LogP contribution in [0.5, 0.6) is 0 Å². The maximum absolute atomic E-state index is 13.8. The quantitative estimate of drug-likeness (QED) is 0.551. The van der Waals surface area contributed by atoms with Crippen molar-refractivity contribution in [1.82, 2.24) is 9.55 Å². The van der Waals surface area contributed by atoms with Crippen molar-refractivity contribution in [3.63, 3.8) is 0 Å². The molecule has 0 aliphatic rings. The largest absolute Gasteiger partial charge is 0.331 e. The molecule has 0 aliphatic carbocycles. The van der Waals surface area contributed by atoms with Gasteiger partial charge in [-0.05, 0) is 23.7 Å². The number of hydrogen-bond donors (Lipinski definition) is 1. The molecule has 0 aliphatic heterocycles. The average Bonchev–Trinajstić information content (AvgIpc) is 2.83. The Morgan fingerprint density at radius 2 is 1.85 bits per heavy atom. The van der Waals surface area contributed by atoms with E-state index < -0.39 is 28.7 Å². The number of thiophene rings is 1. The molecule has 0 spiro atoms. The Morgan fingerprint density at radius 1 is 1.15 bits per heavy atom. The van der Waals surface area contributed by atoms with Crippen LogP contribution >= 0.6 is 23.6 Å². The molecular weight excluding hydrogens is 309 g/mol. The highest BCUT2D eigenvalue weighted by atomic mass is 32.1. The van der Waals surface area contributed by atoms with E-state index in [4.69, 9.17) is 12.2 Å². The number of hydrogen-bond acceptors (Lipinski definition) is 3. The summed E-state index contributed by atoms with van der Waals surface area (Å²) in [6.07, 6.45) is 0. The second-order valence-electron chi connectivity index (χ2n) is 3.95. The molecule has 20 heavy (non-hydrogen) atoms. The zero-order chi connectivity index (χ0) is 14.4. The van der Waals surface area contributed by atoms with Crippen LogP contribution in [0.25, 0.3) is 15.9 Å². The van der Waals surface area contributed by atoms with E-state index in [0.29, 0.717) is 22.3 Å². The molecule has 3 aromatic rings. The van der Waals surface area contributed by atoms with Gasteiger partial charge in [0.05, 0.1) is 11.2 Å². The molecule has 2 aromatic heterocycles. The molecule has 8 heteroatoms. The first-order valence-corrected chi connectivity index (χ1v) is 6.65. The highest BCUT2D eigenvalue weighted by Gasteiger charge is 2.15. The van der Waals surface area contributed by atoms with Crippen molar-refractivity contribution < 1.29 is 13.2 Å². The van der Waals surface area contributed by atoms with E-state index in [1.54, 1.807) is 11.4 Å². The Kier molecular flexibility index (Phi) is 2.98. The first-order chi connectivity index (χ1) is 9.49. The van der Waals surface area contributed by atoms with Gasteiger partial charge in [0.15, 0.2) is 22.2 Å². The van der Waals surface area contributed by atoms with E-state index >= 15 is 0 Å². The summed E-state index contributed by atoms with van der Waals surface area (Å²) < 4.78 is 41.0. The third-order valence-corrected chi connectivity index (χ3v) is 3.92. The third-order valence-electron chi connectivity index (χ3n) is 2.74. The number of halogens is 3. The van der Waals surface area contributed by atoms with Crippen molar-refractivity contribution in [3.05, 3.63) is 56.2 Å². The Labute approximate surface area is 118 Å². The maximum Gasteiger partial charge on any atom is 0.276 e. The van der Waals surface area contributed by atoms with Gasteiger partial charge in [-0.25, -0.2) is 17.7 Å². The number of fused-ring (bicyclic) bond motifs is 1. The Hall–Kier alpha value is -1.93. The van der Waals surface area contributed by atoms with Gasteiger partial charge in [-0.3, -0.25) is 4.79 Å². The summed E-state index contributed by atoms with van der Waals surface area (Å²) in [5, 5.41) is 1.67. The summed E-state index contributed by atoms with van der Waals surface area (Å²) >= 11 is 6.12. The fraction of sp³-hybridized carbons (Fsp3) is 0. The number of nitrogens with one attached hydrogen (secondary N) is 1. The third kappa shape index (κ3) is 1.88. The molecule has 0 atom stereocenters. The van der Waals surface area contributed by atoms with E-state index in [1.165, 1.54) is 0 Å². The van der Waals surface area contributed by atoms with Gasteiger partial charge in [0.2, 0.25) is 0 Å². The summed E-state index contributed by atoms with van der Waals surface area (Å²) in [5.41, 5.74) is -0.488. The fourth-order valence-corrected chi connectivity index (χ4v) is 2.91. The zero-order valence-electron chi connectivity index (χ0n) is 9.62. The van der Waals surface area contributed by atoms with Crippen LogP contribution in [-0.4, -0.2) is 9.55 Å².